The third kappa shape index (κ3) is 4.90. The van der Waals surface area contributed by atoms with Crippen molar-refractivity contribution in [2.24, 2.45) is 5.73 Å². The van der Waals surface area contributed by atoms with E-state index in [4.69, 9.17) is 5.73 Å². The summed E-state index contributed by atoms with van der Waals surface area (Å²) in [6, 6.07) is 4.18. The van der Waals surface area contributed by atoms with Gasteiger partial charge in [0.2, 0.25) is 5.91 Å². The number of carbonyl (C=O) groups is 1. The molecule has 0 aliphatic rings. The largest absolute Gasteiger partial charge is 0.393 e. The molecule has 3 N–H and O–H groups in total. The van der Waals surface area contributed by atoms with Gasteiger partial charge in [-0.25, -0.2) is 0 Å². The standard InChI is InChI=1S/C10H14N2OS2/c1-7(5-8-3-2-4-15-8)12-10(13)6-9(11)14/h2-4,7H,5-6H2,1H3,(H2,11,14)(H,12,13). The first-order valence-corrected chi connectivity index (χ1v) is 5.96. The van der Waals surface area contributed by atoms with E-state index in [1.807, 2.05) is 18.4 Å². The van der Waals surface area contributed by atoms with Crippen molar-refractivity contribution in [2.75, 3.05) is 0 Å². The third-order valence-electron chi connectivity index (χ3n) is 1.83. The van der Waals surface area contributed by atoms with Crippen LogP contribution in [0, 0.1) is 0 Å². The first-order valence-electron chi connectivity index (χ1n) is 4.68. The van der Waals surface area contributed by atoms with Gasteiger partial charge in [-0.2, -0.15) is 0 Å². The predicted octanol–water partition coefficient (Wildman–Crippen LogP) is 1.47. The van der Waals surface area contributed by atoms with Gasteiger partial charge in [0.1, 0.15) is 0 Å². The molecule has 1 atom stereocenters. The highest BCUT2D eigenvalue weighted by molar-refractivity contribution is 7.80. The molecule has 3 nitrogen and oxygen atoms in total. The molecule has 1 aromatic heterocycles. The lowest BCUT2D eigenvalue weighted by Gasteiger charge is -2.12. The van der Waals surface area contributed by atoms with Crippen molar-refractivity contribution in [3.63, 3.8) is 0 Å². The van der Waals surface area contributed by atoms with Gasteiger partial charge < -0.3 is 11.1 Å². The van der Waals surface area contributed by atoms with Crippen molar-refractivity contribution in [1.29, 1.82) is 0 Å². The highest BCUT2D eigenvalue weighted by Crippen LogP contribution is 2.10. The van der Waals surface area contributed by atoms with Crippen LogP contribution in [-0.4, -0.2) is 16.9 Å². The molecular formula is C10H14N2OS2. The molecule has 0 spiro atoms. The average molecular weight is 242 g/mol. The van der Waals surface area contributed by atoms with Crippen LogP contribution in [0.25, 0.3) is 0 Å². The van der Waals surface area contributed by atoms with Crippen molar-refractivity contribution in [1.82, 2.24) is 5.32 Å². The van der Waals surface area contributed by atoms with Crippen LogP contribution in [0.5, 0.6) is 0 Å². The molecule has 1 unspecified atom stereocenters. The zero-order valence-electron chi connectivity index (χ0n) is 8.53. The number of hydrogen-bond acceptors (Lipinski definition) is 3. The number of thiocarbonyl (C=S) groups is 1. The molecule has 0 aliphatic carbocycles. The summed E-state index contributed by atoms with van der Waals surface area (Å²) in [5, 5.41) is 4.88. The molecule has 0 aromatic carbocycles. The maximum atomic E-state index is 11.3. The Morgan fingerprint density at radius 2 is 2.47 bits per heavy atom. The molecule has 1 heterocycles. The summed E-state index contributed by atoms with van der Waals surface area (Å²) < 4.78 is 0. The van der Waals surface area contributed by atoms with Crippen LogP contribution in [0.4, 0.5) is 0 Å². The van der Waals surface area contributed by atoms with Gasteiger partial charge in [-0.1, -0.05) is 18.3 Å². The van der Waals surface area contributed by atoms with Crippen LogP contribution in [0.1, 0.15) is 18.2 Å². The Morgan fingerprint density at radius 1 is 1.73 bits per heavy atom. The summed E-state index contributed by atoms with van der Waals surface area (Å²) in [6.07, 6.45) is 0.977. The van der Waals surface area contributed by atoms with E-state index in [9.17, 15) is 4.79 Å². The van der Waals surface area contributed by atoms with Crippen molar-refractivity contribution in [3.8, 4) is 0 Å². The van der Waals surface area contributed by atoms with Gasteiger partial charge in [0.05, 0.1) is 11.4 Å². The highest BCUT2D eigenvalue weighted by Gasteiger charge is 2.09. The number of thiophene rings is 1. The van der Waals surface area contributed by atoms with E-state index in [-0.39, 0.29) is 23.4 Å². The molecule has 0 saturated carbocycles. The minimum atomic E-state index is -0.105. The number of amides is 1. The number of hydrogen-bond donors (Lipinski definition) is 2. The minimum absolute atomic E-state index is 0.105. The van der Waals surface area contributed by atoms with Crippen LogP contribution >= 0.6 is 23.6 Å². The Kier molecular flexibility index (Phi) is 4.71. The Balaban J connectivity index is 2.32. The van der Waals surface area contributed by atoms with Crippen LogP contribution < -0.4 is 11.1 Å². The van der Waals surface area contributed by atoms with E-state index in [2.05, 4.69) is 23.6 Å². The number of nitrogens with two attached hydrogens (primary N) is 1. The van der Waals surface area contributed by atoms with E-state index in [1.165, 1.54) is 4.88 Å². The second-order valence-electron chi connectivity index (χ2n) is 3.40. The molecule has 0 radical (unpaired) electrons. The van der Waals surface area contributed by atoms with E-state index in [0.717, 1.165) is 6.42 Å². The Bertz CT molecular complexity index is 335. The fourth-order valence-corrected chi connectivity index (χ4v) is 2.23. The average Bonchev–Trinajstić information content (AvgIpc) is 2.53. The summed E-state index contributed by atoms with van der Waals surface area (Å²) in [4.78, 5) is 12.8. The Morgan fingerprint density at radius 3 is 3.00 bits per heavy atom. The number of rotatable bonds is 5. The monoisotopic (exact) mass is 242 g/mol. The van der Waals surface area contributed by atoms with Gasteiger partial charge in [-0.15, -0.1) is 11.3 Å². The van der Waals surface area contributed by atoms with Gasteiger partial charge in [-0.05, 0) is 18.4 Å². The molecule has 1 rings (SSSR count). The molecule has 0 fully saturated rings. The van der Waals surface area contributed by atoms with Crippen molar-refractivity contribution in [3.05, 3.63) is 22.4 Å². The summed E-state index contributed by atoms with van der Waals surface area (Å²) in [5.74, 6) is -0.105. The predicted molar refractivity (Wildman–Crippen MR) is 67.0 cm³/mol. The maximum absolute atomic E-state index is 11.3. The van der Waals surface area contributed by atoms with E-state index in [1.54, 1.807) is 11.3 Å². The van der Waals surface area contributed by atoms with Gasteiger partial charge in [-0.3, -0.25) is 4.79 Å². The van der Waals surface area contributed by atoms with E-state index >= 15 is 0 Å². The fourth-order valence-electron chi connectivity index (χ4n) is 1.27. The second kappa shape index (κ2) is 5.82. The van der Waals surface area contributed by atoms with E-state index < -0.39 is 0 Å². The zero-order chi connectivity index (χ0) is 11.3. The number of nitrogens with one attached hydrogen (secondary N) is 1. The molecule has 82 valence electrons. The summed E-state index contributed by atoms with van der Waals surface area (Å²) in [7, 11) is 0. The normalized spacial score (nSPS) is 12.1. The third-order valence-corrected chi connectivity index (χ3v) is 2.87. The van der Waals surface area contributed by atoms with Crippen molar-refractivity contribution >= 4 is 34.5 Å². The lowest BCUT2D eigenvalue weighted by atomic mass is 10.2. The highest BCUT2D eigenvalue weighted by atomic mass is 32.1. The molecule has 0 saturated heterocycles. The molecule has 1 aromatic rings. The molecule has 0 aliphatic heterocycles. The zero-order valence-corrected chi connectivity index (χ0v) is 10.2. The lowest BCUT2D eigenvalue weighted by molar-refractivity contribution is -0.120. The first kappa shape index (κ1) is 12.1. The van der Waals surface area contributed by atoms with Crippen molar-refractivity contribution in [2.45, 2.75) is 25.8 Å². The van der Waals surface area contributed by atoms with Crippen LogP contribution in [0.15, 0.2) is 17.5 Å². The quantitative estimate of drug-likeness (QED) is 0.769. The summed E-state index contributed by atoms with van der Waals surface area (Å²) in [5.41, 5.74) is 5.28. The van der Waals surface area contributed by atoms with E-state index in [0.29, 0.717) is 0 Å². The Hall–Kier alpha value is -0.940. The Labute approximate surface area is 98.7 Å². The lowest BCUT2D eigenvalue weighted by Crippen LogP contribution is -2.35. The van der Waals surface area contributed by atoms with Crippen LogP contribution in [-0.2, 0) is 11.2 Å². The second-order valence-corrected chi connectivity index (χ2v) is 4.95. The smallest absolute Gasteiger partial charge is 0.227 e. The van der Waals surface area contributed by atoms with Gasteiger partial charge in [0.25, 0.3) is 0 Å². The van der Waals surface area contributed by atoms with Crippen LogP contribution in [0.3, 0.4) is 0 Å². The van der Waals surface area contributed by atoms with Gasteiger partial charge in [0, 0.05) is 17.3 Å². The van der Waals surface area contributed by atoms with Crippen LogP contribution in [0.2, 0.25) is 0 Å². The molecular weight excluding hydrogens is 228 g/mol. The van der Waals surface area contributed by atoms with Gasteiger partial charge >= 0.3 is 0 Å². The summed E-state index contributed by atoms with van der Waals surface area (Å²) in [6.45, 7) is 1.97. The first-order chi connectivity index (χ1) is 7.08. The van der Waals surface area contributed by atoms with Crippen molar-refractivity contribution < 1.29 is 4.79 Å². The number of carbonyl (C=O) groups excluding carboxylic acids is 1. The molecule has 5 heteroatoms. The molecule has 1 amide bonds. The summed E-state index contributed by atoms with van der Waals surface area (Å²) >= 11 is 6.35. The fraction of sp³-hybridized carbons (Fsp3) is 0.400. The maximum Gasteiger partial charge on any atom is 0.227 e. The minimum Gasteiger partial charge on any atom is -0.393 e. The topological polar surface area (TPSA) is 55.1 Å². The van der Waals surface area contributed by atoms with Gasteiger partial charge in [0.15, 0.2) is 0 Å². The SMILES string of the molecule is CC(Cc1cccs1)NC(=O)CC(N)=S. The molecule has 0 bridgehead atoms. The molecule has 15 heavy (non-hydrogen) atoms.